The summed E-state index contributed by atoms with van der Waals surface area (Å²) in [5.74, 6) is -3.61. The number of hydrogen-bond acceptors (Lipinski definition) is 7. The molecule has 0 radical (unpaired) electrons. The first-order valence-electron chi connectivity index (χ1n) is 13.5. The monoisotopic (exact) mass is 623 g/mol. The predicted octanol–water partition coefficient (Wildman–Crippen LogP) is 0.877. The van der Waals surface area contributed by atoms with Crippen LogP contribution in [-0.4, -0.2) is 64.5 Å². The average Bonchev–Trinajstić information content (AvgIpc) is 2.98. The molecule has 3 amide bonds. The van der Waals surface area contributed by atoms with Gasteiger partial charge in [0.2, 0.25) is 17.7 Å². The third-order valence-electron chi connectivity index (χ3n) is 6.49. The van der Waals surface area contributed by atoms with Gasteiger partial charge >= 0.3 is 5.97 Å². The van der Waals surface area contributed by atoms with Crippen molar-refractivity contribution < 1.29 is 29.4 Å². The summed E-state index contributed by atoms with van der Waals surface area (Å²) < 4.78 is 0. The van der Waals surface area contributed by atoms with Gasteiger partial charge in [-0.2, -0.15) is 0 Å². The minimum absolute atomic E-state index is 0.00164. The molecule has 14 heteroatoms. The van der Waals surface area contributed by atoms with Crippen molar-refractivity contribution in [2.24, 2.45) is 11.5 Å². The number of aliphatic carboxylic acids is 1. The van der Waals surface area contributed by atoms with Crippen LogP contribution in [0, 0.1) is 5.41 Å². The van der Waals surface area contributed by atoms with Crippen molar-refractivity contribution in [3.63, 3.8) is 0 Å². The number of hydrogen-bond donors (Lipinski definition) is 9. The number of anilines is 1. The quantitative estimate of drug-likeness (QED) is 0.0914. The second-order valence-electron chi connectivity index (χ2n) is 9.93. The maximum absolute atomic E-state index is 13.5. The van der Waals surface area contributed by atoms with E-state index >= 15 is 0 Å². The molecule has 232 valence electrons. The van der Waals surface area contributed by atoms with Crippen LogP contribution in [0.25, 0.3) is 0 Å². The summed E-state index contributed by atoms with van der Waals surface area (Å²) in [6, 6.07) is 15.4. The van der Waals surface area contributed by atoms with Gasteiger partial charge < -0.3 is 42.9 Å². The van der Waals surface area contributed by atoms with Gasteiger partial charge in [0.25, 0.3) is 0 Å². The Bertz CT molecular complexity index is 1470. The van der Waals surface area contributed by atoms with E-state index in [0.717, 1.165) is 0 Å². The Balaban J connectivity index is 1.82. The zero-order chi connectivity index (χ0) is 32.2. The molecule has 0 bridgehead atoms. The van der Waals surface area contributed by atoms with Gasteiger partial charge in [-0.25, -0.2) is 4.79 Å². The van der Waals surface area contributed by atoms with Crippen molar-refractivity contribution in [1.29, 1.82) is 5.41 Å². The van der Waals surface area contributed by atoms with E-state index < -0.39 is 41.8 Å². The third kappa shape index (κ3) is 10.6. The summed E-state index contributed by atoms with van der Waals surface area (Å²) in [6.45, 7) is -0.367. The molecule has 0 unspecified atom stereocenters. The Kier molecular flexibility index (Phi) is 12.1. The molecule has 44 heavy (non-hydrogen) atoms. The minimum Gasteiger partial charge on any atom is -0.508 e. The topological polar surface area (TPSA) is 233 Å². The lowest BCUT2D eigenvalue weighted by Crippen LogP contribution is -2.57. The number of nitrogens with one attached hydrogen (secondary N) is 5. The molecule has 13 nitrogen and oxygen atoms in total. The highest BCUT2D eigenvalue weighted by Gasteiger charge is 2.30. The molecule has 3 aromatic rings. The van der Waals surface area contributed by atoms with Crippen LogP contribution in [0.15, 0.2) is 72.8 Å². The average molecular weight is 624 g/mol. The summed E-state index contributed by atoms with van der Waals surface area (Å²) in [5, 5.41) is 37.7. The highest BCUT2D eigenvalue weighted by molar-refractivity contribution is 6.30. The number of rotatable bonds is 14. The lowest BCUT2D eigenvalue weighted by atomic mass is 10.0. The Hall–Kier alpha value is -5.14. The maximum Gasteiger partial charge on any atom is 0.326 e. The van der Waals surface area contributed by atoms with Gasteiger partial charge in [0, 0.05) is 30.0 Å². The number of carbonyl (C=O) groups excluding carboxylic acids is 3. The summed E-state index contributed by atoms with van der Waals surface area (Å²) in [5.41, 5.74) is 13.2. The number of nitrogens with two attached hydrogens (primary N) is 2. The molecule has 0 aliphatic rings. The van der Waals surface area contributed by atoms with E-state index in [4.69, 9.17) is 28.5 Å². The van der Waals surface area contributed by atoms with Crippen LogP contribution in [0.4, 0.5) is 5.69 Å². The first-order chi connectivity index (χ1) is 20.9. The smallest absolute Gasteiger partial charge is 0.326 e. The second-order valence-corrected chi connectivity index (χ2v) is 10.4. The number of phenols is 1. The van der Waals surface area contributed by atoms with Gasteiger partial charge in [0.05, 0.1) is 6.54 Å². The van der Waals surface area contributed by atoms with E-state index in [-0.39, 0.29) is 37.5 Å². The van der Waals surface area contributed by atoms with Crippen LogP contribution < -0.4 is 32.7 Å². The molecular weight excluding hydrogens is 590 g/mol. The Morgan fingerprint density at radius 3 is 1.64 bits per heavy atom. The summed E-state index contributed by atoms with van der Waals surface area (Å²) in [6.07, 6.45) is -0.0598. The zero-order valence-electron chi connectivity index (χ0n) is 23.5. The number of benzene rings is 3. The molecule has 0 aliphatic heterocycles. The van der Waals surface area contributed by atoms with Gasteiger partial charge in [0.1, 0.15) is 23.9 Å². The van der Waals surface area contributed by atoms with E-state index in [1.807, 2.05) is 0 Å². The fourth-order valence-electron chi connectivity index (χ4n) is 4.26. The highest BCUT2D eigenvalue weighted by Crippen LogP contribution is 2.15. The highest BCUT2D eigenvalue weighted by atomic mass is 35.5. The molecular formula is C30H34ClN7O6. The van der Waals surface area contributed by atoms with Crippen LogP contribution >= 0.6 is 11.6 Å². The van der Waals surface area contributed by atoms with Crippen LogP contribution in [0.5, 0.6) is 5.75 Å². The molecule has 3 atom stereocenters. The van der Waals surface area contributed by atoms with Crippen LogP contribution in [0.3, 0.4) is 0 Å². The van der Waals surface area contributed by atoms with Gasteiger partial charge in [-0.05, 0) is 53.1 Å². The lowest BCUT2D eigenvalue weighted by Gasteiger charge is -2.25. The van der Waals surface area contributed by atoms with Crippen molar-refractivity contribution in [1.82, 2.24) is 16.0 Å². The van der Waals surface area contributed by atoms with Crippen molar-refractivity contribution in [3.05, 3.63) is 94.5 Å². The number of halogens is 1. The second kappa shape index (κ2) is 15.9. The minimum atomic E-state index is -1.35. The molecule has 0 fully saturated rings. The van der Waals surface area contributed by atoms with E-state index in [2.05, 4.69) is 21.3 Å². The SMILES string of the molecule is N=C(N)Nc1ccc(C[C@H](NC(=O)[C@H](Cc2ccc(O)cc2)NC(=O)[C@H](Cc2ccc(Cl)cc2)NC(=O)CN)C(=O)O)cc1. The van der Waals surface area contributed by atoms with E-state index in [1.165, 1.54) is 12.1 Å². The number of carboxylic acid groups (broad SMARTS) is 1. The lowest BCUT2D eigenvalue weighted by molar-refractivity contribution is -0.142. The summed E-state index contributed by atoms with van der Waals surface area (Å²) in [7, 11) is 0. The molecule has 0 spiro atoms. The molecule has 0 aromatic heterocycles. The molecule has 3 aromatic carbocycles. The Labute approximate surface area is 258 Å². The standard InChI is InChI=1S/C30H34ClN7O6/c31-20-7-1-17(2-8-20)13-23(36-26(40)16-32)27(41)37-24(14-19-5-11-22(39)12-6-19)28(42)38-25(29(43)44)15-18-3-9-21(10-4-18)35-30(33)34/h1-12,23-25,39H,13-16,32H2,(H,36,40)(H,37,41)(H,38,42)(H,43,44)(H4,33,34,35)/t23-,24-,25-/m0/s1. The van der Waals surface area contributed by atoms with Gasteiger partial charge in [-0.1, -0.05) is 48.0 Å². The Morgan fingerprint density at radius 1 is 0.727 bits per heavy atom. The molecule has 0 aliphatic carbocycles. The predicted molar refractivity (Wildman–Crippen MR) is 165 cm³/mol. The normalized spacial score (nSPS) is 12.7. The number of amides is 3. The number of carbonyl (C=O) groups is 4. The van der Waals surface area contributed by atoms with Crippen molar-refractivity contribution in [2.75, 3.05) is 11.9 Å². The first kappa shape index (κ1) is 33.4. The number of aromatic hydroxyl groups is 1. The largest absolute Gasteiger partial charge is 0.508 e. The fraction of sp³-hybridized carbons (Fsp3) is 0.233. The maximum atomic E-state index is 13.5. The summed E-state index contributed by atoms with van der Waals surface area (Å²) in [4.78, 5) is 51.3. The number of carboxylic acids is 1. The van der Waals surface area contributed by atoms with Crippen LogP contribution in [0.2, 0.25) is 5.02 Å². The number of phenolic OH excluding ortho intramolecular Hbond substituents is 1. The Morgan fingerprint density at radius 2 is 1.16 bits per heavy atom. The van der Waals surface area contributed by atoms with Gasteiger partial charge in [-0.3, -0.25) is 19.8 Å². The van der Waals surface area contributed by atoms with Crippen LogP contribution in [-0.2, 0) is 38.4 Å². The van der Waals surface area contributed by atoms with Crippen molar-refractivity contribution in [2.45, 2.75) is 37.4 Å². The van der Waals surface area contributed by atoms with Crippen LogP contribution in [0.1, 0.15) is 16.7 Å². The zero-order valence-corrected chi connectivity index (χ0v) is 24.3. The van der Waals surface area contributed by atoms with Gasteiger partial charge in [-0.15, -0.1) is 0 Å². The summed E-state index contributed by atoms with van der Waals surface area (Å²) >= 11 is 5.97. The molecule has 11 N–H and O–H groups in total. The molecule has 0 saturated carbocycles. The third-order valence-corrected chi connectivity index (χ3v) is 6.74. The molecule has 3 rings (SSSR count). The molecule has 0 saturated heterocycles. The number of guanidine groups is 1. The fourth-order valence-corrected chi connectivity index (χ4v) is 4.38. The van der Waals surface area contributed by atoms with E-state index in [0.29, 0.717) is 27.4 Å². The van der Waals surface area contributed by atoms with Crippen molar-refractivity contribution >= 4 is 46.9 Å². The van der Waals surface area contributed by atoms with Gasteiger partial charge in [0.15, 0.2) is 5.96 Å². The van der Waals surface area contributed by atoms with E-state index in [9.17, 15) is 29.4 Å². The first-order valence-corrected chi connectivity index (χ1v) is 13.9. The molecule has 0 heterocycles. The van der Waals surface area contributed by atoms with Crippen molar-refractivity contribution in [3.8, 4) is 5.75 Å². The van der Waals surface area contributed by atoms with E-state index in [1.54, 1.807) is 60.7 Å².